The Labute approximate surface area is 138 Å². The number of hydrogen-bond acceptors (Lipinski definition) is 4. The summed E-state index contributed by atoms with van der Waals surface area (Å²) in [5.74, 6) is 2.23. The summed E-state index contributed by atoms with van der Waals surface area (Å²) in [4.78, 5) is 6.69. The predicted molar refractivity (Wildman–Crippen MR) is 91.2 cm³/mol. The van der Waals surface area contributed by atoms with E-state index in [1.54, 1.807) is 13.3 Å². The maximum atomic E-state index is 5.91. The Balaban J connectivity index is 0.00000242. The molecule has 0 aliphatic heterocycles. The van der Waals surface area contributed by atoms with Gasteiger partial charge in [-0.25, -0.2) is 4.98 Å². The van der Waals surface area contributed by atoms with Gasteiger partial charge in [0.05, 0.1) is 7.11 Å². The average Bonchev–Trinajstić information content (AvgIpc) is 2.54. The fraction of sp³-hybridized carbons (Fsp3) is 0.353. The molecule has 2 aromatic rings. The lowest BCUT2D eigenvalue weighted by atomic mass is 10.2. The van der Waals surface area contributed by atoms with Crippen LogP contribution in [-0.2, 0) is 6.54 Å². The van der Waals surface area contributed by atoms with E-state index in [9.17, 15) is 0 Å². The van der Waals surface area contributed by atoms with Crippen molar-refractivity contribution in [2.75, 3.05) is 20.2 Å². The third kappa shape index (κ3) is 4.90. The van der Waals surface area contributed by atoms with Crippen LogP contribution < -0.4 is 9.47 Å². The summed E-state index contributed by atoms with van der Waals surface area (Å²) in [7, 11) is 1.65. The van der Waals surface area contributed by atoms with Crippen molar-refractivity contribution >= 4 is 12.4 Å². The first-order chi connectivity index (χ1) is 10.3. The van der Waals surface area contributed by atoms with Crippen molar-refractivity contribution in [1.82, 2.24) is 9.88 Å². The van der Waals surface area contributed by atoms with Gasteiger partial charge in [0.15, 0.2) is 0 Å². The fourth-order valence-electron chi connectivity index (χ4n) is 2.08. The van der Waals surface area contributed by atoms with E-state index < -0.39 is 0 Å². The highest BCUT2D eigenvalue weighted by Gasteiger charge is 2.09. The molecule has 0 atom stereocenters. The number of aromatic nitrogens is 1. The topological polar surface area (TPSA) is 34.6 Å². The van der Waals surface area contributed by atoms with Gasteiger partial charge in [-0.1, -0.05) is 19.9 Å². The molecule has 0 N–H and O–H groups in total. The van der Waals surface area contributed by atoms with Gasteiger partial charge < -0.3 is 9.47 Å². The Morgan fingerprint density at radius 1 is 1.00 bits per heavy atom. The molecule has 2 rings (SSSR count). The number of rotatable bonds is 7. The van der Waals surface area contributed by atoms with E-state index in [0.717, 1.165) is 36.7 Å². The molecule has 4 nitrogen and oxygen atoms in total. The number of pyridine rings is 1. The number of hydrogen-bond donors (Lipinski definition) is 0. The smallest absolute Gasteiger partial charge is 0.223 e. The maximum Gasteiger partial charge on any atom is 0.223 e. The van der Waals surface area contributed by atoms with Crippen molar-refractivity contribution in [3.8, 4) is 17.4 Å². The van der Waals surface area contributed by atoms with E-state index in [2.05, 4.69) is 29.8 Å². The van der Waals surface area contributed by atoms with Crippen LogP contribution in [0.15, 0.2) is 42.6 Å². The SMILES string of the molecule is CCN(CC)Cc1cccnc1Oc1ccc(OC)cc1.Cl. The van der Waals surface area contributed by atoms with Crippen LogP contribution in [0, 0.1) is 0 Å². The molecule has 0 spiro atoms. The third-order valence-corrected chi connectivity index (χ3v) is 3.41. The van der Waals surface area contributed by atoms with Crippen molar-refractivity contribution in [2.45, 2.75) is 20.4 Å². The van der Waals surface area contributed by atoms with E-state index in [4.69, 9.17) is 9.47 Å². The second kappa shape index (κ2) is 9.28. The first-order valence-electron chi connectivity index (χ1n) is 7.25. The lowest BCUT2D eigenvalue weighted by molar-refractivity contribution is 0.290. The molecule has 0 saturated heterocycles. The molecule has 120 valence electrons. The van der Waals surface area contributed by atoms with Crippen molar-refractivity contribution < 1.29 is 9.47 Å². The van der Waals surface area contributed by atoms with Crippen LogP contribution in [0.2, 0.25) is 0 Å². The molecular weight excluding hydrogens is 300 g/mol. The lowest BCUT2D eigenvalue weighted by Gasteiger charge is -2.19. The van der Waals surface area contributed by atoms with Crippen LogP contribution in [0.25, 0.3) is 0 Å². The monoisotopic (exact) mass is 322 g/mol. The zero-order valence-corrected chi connectivity index (χ0v) is 14.1. The van der Waals surface area contributed by atoms with Crippen molar-refractivity contribution in [3.05, 3.63) is 48.2 Å². The molecule has 0 aliphatic carbocycles. The number of halogens is 1. The molecule has 1 aromatic carbocycles. The average molecular weight is 323 g/mol. The number of nitrogens with zero attached hydrogens (tertiary/aromatic N) is 2. The second-order valence-electron chi connectivity index (χ2n) is 4.71. The van der Waals surface area contributed by atoms with Gasteiger partial charge in [-0.3, -0.25) is 4.90 Å². The van der Waals surface area contributed by atoms with Gasteiger partial charge in [0.25, 0.3) is 0 Å². The maximum absolute atomic E-state index is 5.91. The number of benzene rings is 1. The van der Waals surface area contributed by atoms with Gasteiger partial charge in [-0.2, -0.15) is 0 Å². The van der Waals surface area contributed by atoms with E-state index in [-0.39, 0.29) is 12.4 Å². The molecule has 22 heavy (non-hydrogen) atoms. The first-order valence-corrected chi connectivity index (χ1v) is 7.25. The molecule has 1 heterocycles. The molecule has 0 radical (unpaired) electrons. The quantitative estimate of drug-likeness (QED) is 0.767. The summed E-state index contributed by atoms with van der Waals surface area (Å²) in [6.07, 6.45) is 1.75. The third-order valence-electron chi connectivity index (χ3n) is 3.41. The van der Waals surface area contributed by atoms with E-state index in [0.29, 0.717) is 5.88 Å². The molecule has 0 saturated carbocycles. The zero-order valence-electron chi connectivity index (χ0n) is 13.3. The molecule has 0 unspecified atom stereocenters. The standard InChI is InChI=1S/C17H22N2O2.ClH/c1-4-19(5-2)13-14-7-6-12-18-17(14)21-16-10-8-15(20-3)9-11-16;/h6-12H,4-5,13H2,1-3H3;1H. The molecule has 0 bridgehead atoms. The molecule has 1 aromatic heterocycles. The van der Waals surface area contributed by atoms with E-state index in [1.165, 1.54) is 0 Å². The minimum atomic E-state index is 0. The van der Waals surface area contributed by atoms with Crippen LogP contribution >= 0.6 is 12.4 Å². The van der Waals surface area contributed by atoms with Crippen LogP contribution in [-0.4, -0.2) is 30.1 Å². The van der Waals surface area contributed by atoms with Crippen molar-refractivity contribution in [2.24, 2.45) is 0 Å². The Bertz CT molecular complexity index is 557. The van der Waals surface area contributed by atoms with Crippen molar-refractivity contribution in [3.63, 3.8) is 0 Å². The van der Waals surface area contributed by atoms with Gasteiger partial charge in [-0.15, -0.1) is 12.4 Å². The van der Waals surface area contributed by atoms with Gasteiger partial charge in [0.2, 0.25) is 5.88 Å². The fourth-order valence-corrected chi connectivity index (χ4v) is 2.08. The Morgan fingerprint density at radius 2 is 1.64 bits per heavy atom. The highest BCUT2D eigenvalue weighted by Crippen LogP contribution is 2.25. The first kappa shape index (κ1) is 18.3. The van der Waals surface area contributed by atoms with Gasteiger partial charge in [0.1, 0.15) is 11.5 Å². The van der Waals surface area contributed by atoms with Crippen molar-refractivity contribution in [1.29, 1.82) is 0 Å². The summed E-state index contributed by atoms with van der Waals surface area (Å²) in [6, 6.07) is 11.5. The lowest BCUT2D eigenvalue weighted by Crippen LogP contribution is -2.22. The summed E-state index contributed by atoms with van der Waals surface area (Å²) in [6.45, 7) is 7.17. The number of methoxy groups -OCH3 is 1. The number of ether oxygens (including phenoxy) is 2. The summed E-state index contributed by atoms with van der Waals surface area (Å²) >= 11 is 0. The molecule has 0 fully saturated rings. The summed E-state index contributed by atoms with van der Waals surface area (Å²) in [5.41, 5.74) is 1.09. The summed E-state index contributed by atoms with van der Waals surface area (Å²) < 4.78 is 11.1. The normalized spacial score (nSPS) is 10.2. The Kier molecular flexibility index (Phi) is 7.71. The molecule has 0 aliphatic rings. The predicted octanol–water partition coefficient (Wildman–Crippen LogP) is 4.15. The van der Waals surface area contributed by atoms with Crippen LogP contribution in [0.1, 0.15) is 19.4 Å². The van der Waals surface area contributed by atoms with Gasteiger partial charge in [0, 0.05) is 18.3 Å². The van der Waals surface area contributed by atoms with E-state index >= 15 is 0 Å². The Hall–Kier alpha value is -1.78. The second-order valence-corrected chi connectivity index (χ2v) is 4.71. The van der Waals surface area contributed by atoms with Crippen LogP contribution in [0.4, 0.5) is 0 Å². The van der Waals surface area contributed by atoms with Gasteiger partial charge in [-0.05, 0) is 43.4 Å². The Morgan fingerprint density at radius 3 is 2.23 bits per heavy atom. The molecule has 5 heteroatoms. The van der Waals surface area contributed by atoms with Gasteiger partial charge >= 0.3 is 0 Å². The highest BCUT2D eigenvalue weighted by atomic mass is 35.5. The van der Waals surface area contributed by atoms with E-state index in [1.807, 2.05) is 30.3 Å². The molecular formula is C17H23ClN2O2. The summed E-state index contributed by atoms with van der Waals surface area (Å²) in [5, 5.41) is 0. The zero-order chi connectivity index (χ0) is 15.1. The molecule has 0 amide bonds. The highest BCUT2D eigenvalue weighted by molar-refractivity contribution is 5.85. The largest absolute Gasteiger partial charge is 0.497 e. The van der Waals surface area contributed by atoms with Crippen LogP contribution in [0.3, 0.4) is 0 Å². The minimum Gasteiger partial charge on any atom is -0.497 e. The van der Waals surface area contributed by atoms with Crippen LogP contribution in [0.5, 0.6) is 17.4 Å². The minimum absolute atomic E-state index is 0.